The van der Waals surface area contributed by atoms with E-state index in [-0.39, 0.29) is 5.83 Å². The monoisotopic (exact) mass is 355 g/mol. The van der Waals surface area contributed by atoms with Crippen LogP contribution in [0.4, 0.5) is 4.39 Å². The van der Waals surface area contributed by atoms with Crippen LogP contribution in [0.1, 0.15) is 26.7 Å². The van der Waals surface area contributed by atoms with Gasteiger partial charge in [-0.1, -0.05) is 6.92 Å². The summed E-state index contributed by atoms with van der Waals surface area (Å²) in [5, 5.41) is 5.01. The van der Waals surface area contributed by atoms with E-state index in [0.717, 1.165) is 38.4 Å². The Morgan fingerprint density at radius 1 is 1.33 bits per heavy atom. The van der Waals surface area contributed by atoms with Gasteiger partial charge in [-0.15, -0.1) is 0 Å². The van der Waals surface area contributed by atoms with Crippen molar-refractivity contribution in [1.29, 1.82) is 0 Å². The molecule has 0 aromatic heterocycles. The van der Waals surface area contributed by atoms with Gasteiger partial charge >= 0.3 is 0 Å². The third kappa shape index (κ3) is 5.92. The van der Waals surface area contributed by atoms with Crippen molar-refractivity contribution < 1.29 is 9.13 Å². The third-order valence-electron chi connectivity index (χ3n) is 3.94. The number of hydrogen-bond acceptors (Lipinski definition) is 5. The van der Waals surface area contributed by atoms with Gasteiger partial charge in [0.05, 0.1) is 30.8 Å². The zero-order valence-corrected chi connectivity index (χ0v) is 15.2. The molecule has 0 atom stereocenters. The number of hydrogen-bond donors (Lipinski definition) is 1. The van der Waals surface area contributed by atoms with E-state index in [0.29, 0.717) is 30.5 Å². The molecule has 2 aliphatic rings. The molecule has 8 heteroatoms. The first-order chi connectivity index (χ1) is 11.6. The highest BCUT2D eigenvalue weighted by Crippen LogP contribution is 2.05. The van der Waals surface area contributed by atoms with Crippen LogP contribution in [0.5, 0.6) is 0 Å². The van der Waals surface area contributed by atoms with E-state index in [2.05, 4.69) is 32.2 Å². The minimum atomic E-state index is -0.346. The molecule has 2 rings (SSSR count). The van der Waals surface area contributed by atoms with Crippen molar-refractivity contribution in [3.8, 4) is 0 Å². The molecule has 2 heterocycles. The van der Waals surface area contributed by atoms with Gasteiger partial charge in [-0.2, -0.15) is 5.10 Å². The van der Waals surface area contributed by atoms with E-state index >= 15 is 0 Å². The number of piperazine rings is 1. The van der Waals surface area contributed by atoms with E-state index in [1.165, 1.54) is 19.5 Å². The van der Waals surface area contributed by atoms with Gasteiger partial charge < -0.3 is 9.64 Å². The van der Waals surface area contributed by atoms with Crippen LogP contribution in [-0.4, -0.2) is 72.3 Å². The number of aliphatic imine (C=N–C) groups is 1. The molecule has 0 aliphatic carbocycles. The van der Waals surface area contributed by atoms with Gasteiger partial charge in [-0.25, -0.2) is 4.39 Å². The van der Waals surface area contributed by atoms with Crippen molar-refractivity contribution in [2.75, 3.05) is 45.9 Å². The molecule has 0 aromatic carbocycles. The average Bonchev–Trinajstić information content (AvgIpc) is 2.59. The van der Waals surface area contributed by atoms with Gasteiger partial charge in [0.2, 0.25) is 0 Å². The fourth-order valence-electron chi connectivity index (χ4n) is 2.64. The molecule has 0 amide bonds. The Hall–Kier alpha value is -1.38. The van der Waals surface area contributed by atoms with Crippen molar-refractivity contribution in [2.45, 2.75) is 26.7 Å². The molecule has 2 aliphatic heterocycles. The molecule has 0 spiro atoms. The first-order valence-electron chi connectivity index (χ1n) is 8.41. The molecule has 6 nitrogen and oxygen atoms in total. The summed E-state index contributed by atoms with van der Waals surface area (Å²) in [6.45, 7) is 9.47. The number of rotatable bonds is 4. The summed E-state index contributed by atoms with van der Waals surface area (Å²) in [5.41, 5.74) is 4.37. The second-order valence-electron chi connectivity index (χ2n) is 5.90. The molecular weight excluding hydrogens is 329 g/mol. The van der Waals surface area contributed by atoms with Crippen molar-refractivity contribution >= 4 is 28.8 Å². The lowest BCUT2D eigenvalue weighted by Gasteiger charge is -2.35. The third-order valence-corrected chi connectivity index (χ3v) is 4.29. The van der Waals surface area contributed by atoms with Crippen molar-refractivity contribution in [3.05, 3.63) is 12.0 Å². The predicted molar refractivity (Wildman–Crippen MR) is 99.2 cm³/mol. The molecule has 1 N–H and O–H groups in total. The van der Waals surface area contributed by atoms with Crippen LogP contribution in [0.25, 0.3) is 0 Å². The summed E-state index contributed by atoms with van der Waals surface area (Å²) < 4.78 is 18.2. The lowest BCUT2D eigenvalue weighted by Crippen LogP contribution is -2.51. The Kier molecular flexibility index (Phi) is 7.74. The van der Waals surface area contributed by atoms with Gasteiger partial charge in [-0.3, -0.25) is 15.3 Å². The Labute approximate surface area is 148 Å². The van der Waals surface area contributed by atoms with Crippen molar-refractivity contribution in [1.82, 2.24) is 15.2 Å². The maximum atomic E-state index is 12.9. The smallest absolute Gasteiger partial charge is 0.189 e. The second-order valence-corrected chi connectivity index (χ2v) is 6.29. The number of nitrogens with zero attached hydrogens (tertiary/aromatic N) is 4. The fourth-order valence-corrected chi connectivity index (χ4v) is 2.87. The van der Waals surface area contributed by atoms with E-state index in [9.17, 15) is 4.39 Å². The van der Waals surface area contributed by atoms with Crippen LogP contribution in [0.3, 0.4) is 0 Å². The van der Waals surface area contributed by atoms with Gasteiger partial charge in [-0.05, 0) is 32.1 Å². The normalized spacial score (nSPS) is 23.8. The zero-order valence-electron chi connectivity index (χ0n) is 14.4. The van der Waals surface area contributed by atoms with Gasteiger partial charge in [0.15, 0.2) is 5.11 Å². The first-order valence-corrected chi connectivity index (χ1v) is 8.82. The Bertz CT molecular complexity index is 523. The Balaban J connectivity index is 1.90. The summed E-state index contributed by atoms with van der Waals surface area (Å²) in [6, 6.07) is 0. The highest BCUT2D eigenvalue weighted by Gasteiger charge is 2.19. The van der Waals surface area contributed by atoms with Crippen molar-refractivity contribution in [2.24, 2.45) is 10.1 Å². The van der Waals surface area contributed by atoms with Crippen LogP contribution >= 0.6 is 12.2 Å². The quantitative estimate of drug-likeness (QED) is 0.617. The summed E-state index contributed by atoms with van der Waals surface area (Å²) >= 11 is 5.44. The van der Waals surface area contributed by atoms with Gasteiger partial charge in [0, 0.05) is 32.6 Å². The molecule has 0 bridgehead atoms. The van der Waals surface area contributed by atoms with Crippen molar-refractivity contribution in [3.63, 3.8) is 0 Å². The maximum Gasteiger partial charge on any atom is 0.189 e. The highest BCUT2D eigenvalue weighted by atomic mass is 32.1. The molecule has 2 saturated heterocycles. The zero-order chi connectivity index (χ0) is 17.4. The number of ether oxygens (including phenoxy) is 1. The van der Waals surface area contributed by atoms with Gasteiger partial charge in [0.25, 0.3) is 0 Å². The van der Waals surface area contributed by atoms with E-state index in [1.807, 2.05) is 0 Å². The minimum Gasteiger partial charge on any atom is -0.375 e. The van der Waals surface area contributed by atoms with E-state index in [4.69, 9.17) is 17.0 Å². The maximum absolute atomic E-state index is 12.9. The van der Waals surface area contributed by atoms with Crippen LogP contribution < -0.4 is 5.43 Å². The molecule has 0 unspecified atom stereocenters. The summed E-state index contributed by atoms with van der Waals surface area (Å²) in [4.78, 5) is 8.68. The van der Waals surface area contributed by atoms with Crippen LogP contribution in [0.2, 0.25) is 0 Å². The van der Waals surface area contributed by atoms with Crippen LogP contribution in [0.15, 0.2) is 22.1 Å². The van der Waals surface area contributed by atoms with Crippen LogP contribution in [0, 0.1) is 0 Å². The van der Waals surface area contributed by atoms with Gasteiger partial charge in [0.1, 0.15) is 5.83 Å². The standard InChI is InChI=1S/C16H26FN5OS/c1-3-5-21-6-8-22(9-7-21)16(24)20-19-14-4-10-23-12-15(14)18-11-13(2)17/h11H,3-10,12H2,1-2H3,(H,20,24)/b13-11+,18-15-,19-14-. The fraction of sp³-hybridized carbons (Fsp3) is 0.688. The minimum absolute atomic E-state index is 0.340. The number of hydrazone groups is 1. The number of thiocarbonyl (C=S) groups is 1. The molecule has 2 fully saturated rings. The topological polar surface area (TPSA) is 52.5 Å². The average molecular weight is 355 g/mol. The number of halogens is 1. The first kappa shape index (κ1) is 19.0. The summed E-state index contributed by atoms with van der Waals surface area (Å²) in [5.74, 6) is -0.346. The molecule has 0 radical (unpaired) electrons. The lowest BCUT2D eigenvalue weighted by molar-refractivity contribution is 0.174. The van der Waals surface area contributed by atoms with E-state index in [1.54, 1.807) is 0 Å². The predicted octanol–water partition coefficient (Wildman–Crippen LogP) is 1.94. The molecule has 0 aromatic rings. The number of nitrogens with one attached hydrogen (secondary N) is 1. The molecule has 134 valence electrons. The molecule has 24 heavy (non-hydrogen) atoms. The molecule has 0 saturated carbocycles. The second kappa shape index (κ2) is 9.80. The SMILES string of the molecule is CCCN1CCN(C(=S)N/N=C2/CCOC/C2=N/C=C(\C)F)CC1. The molecular formula is C16H26FN5OS. The highest BCUT2D eigenvalue weighted by molar-refractivity contribution is 7.80. The van der Waals surface area contributed by atoms with E-state index < -0.39 is 0 Å². The number of allylic oxidation sites excluding steroid dienone is 1. The Morgan fingerprint density at radius 2 is 2.08 bits per heavy atom. The van der Waals surface area contributed by atoms with Crippen LogP contribution in [-0.2, 0) is 4.74 Å². The lowest BCUT2D eigenvalue weighted by atomic mass is 10.1. The Morgan fingerprint density at radius 3 is 2.75 bits per heavy atom. The largest absolute Gasteiger partial charge is 0.375 e. The summed E-state index contributed by atoms with van der Waals surface area (Å²) in [7, 11) is 0. The summed E-state index contributed by atoms with van der Waals surface area (Å²) in [6.07, 6.45) is 3.00.